The van der Waals surface area contributed by atoms with Crippen molar-refractivity contribution in [3.05, 3.63) is 106 Å². The Labute approximate surface area is 243 Å². The fourth-order valence-electron chi connectivity index (χ4n) is 4.83. The third-order valence-corrected chi connectivity index (χ3v) is 7.83. The van der Waals surface area contributed by atoms with Gasteiger partial charge in [0.25, 0.3) is 11.2 Å². The summed E-state index contributed by atoms with van der Waals surface area (Å²) in [5.41, 5.74) is 2.08. The first-order chi connectivity index (χ1) is 20.2. The first-order valence-corrected chi connectivity index (χ1v) is 13.7. The number of fused-ring (bicyclic) bond motifs is 1. The van der Waals surface area contributed by atoms with Crippen LogP contribution in [0.1, 0.15) is 36.8 Å². The van der Waals surface area contributed by atoms with Crippen LogP contribution >= 0.6 is 11.3 Å². The van der Waals surface area contributed by atoms with Crippen molar-refractivity contribution in [1.29, 1.82) is 0 Å². The van der Waals surface area contributed by atoms with Crippen LogP contribution in [0.4, 0.5) is 5.69 Å². The van der Waals surface area contributed by atoms with E-state index < -0.39 is 22.5 Å². The minimum absolute atomic E-state index is 0.0531. The number of esters is 1. The first-order valence-electron chi connectivity index (χ1n) is 12.9. The van der Waals surface area contributed by atoms with Gasteiger partial charge in [-0.2, -0.15) is 0 Å². The molecule has 1 atom stereocenters. The van der Waals surface area contributed by atoms with Crippen LogP contribution in [0.15, 0.2) is 74.0 Å². The summed E-state index contributed by atoms with van der Waals surface area (Å²) in [5.74, 6) is 1.18. The van der Waals surface area contributed by atoms with Crippen LogP contribution in [-0.2, 0) is 9.53 Å². The molecule has 1 unspecified atom stereocenters. The molecule has 0 fully saturated rings. The molecule has 5 rings (SSSR count). The maximum atomic E-state index is 14.0. The lowest BCUT2D eigenvalue weighted by atomic mass is 9.95. The van der Waals surface area contributed by atoms with E-state index in [2.05, 4.69) is 4.99 Å². The number of rotatable bonds is 8. The SMILES string of the molecule is CCOC(=O)C1=C(C)N=c2s/c(=C\c3ccc(-c4cc([N+](=O)[O-])ccc4C)o3)c(=O)n2C1c1cc(OC)ccc1OC. The van der Waals surface area contributed by atoms with Gasteiger partial charge in [0.1, 0.15) is 29.1 Å². The molecule has 0 amide bonds. The molecule has 3 heterocycles. The molecule has 0 spiro atoms. The Morgan fingerprint density at radius 1 is 1.14 bits per heavy atom. The second kappa shape index (κ2) is 11.5. The van der Waals surface area contributed by atoms with E-state index in [9.17, 15) is 19.7 Å². The maximum Gasteiger partial charge on any atom is 0.338 e. The van der Waals surface area contributed by atoms with Gasteiger partial charge in [-0.05, 0) is 56.7 Å². The van der Waals surface area contributed by atoms with Crippen LogP contribution < -0.4 is 24.4 Å². The van der Waals surface area contributed by atoms with Crippen LogP contribution in [0.5, 0.6) is 11.5 Å². The number of nitro groups is 1. The molecule has 4 aromatic rings. The molecule has 0 N–H and O–H groups in total. The summed E-state index contributed by atoms with van der Waals surface area (Å²) < 4.78 is 24.2. The van der Waals surface area contributed by atoms with E-state index in [1.54, 1.807) is 56.3 Å². The lowest BCUT2D eigenvalue weighted by Crippen LogP contribution is -2.40. The van der Waals surface area contributed by atoms with E-state index in [4.69, 9.17) is 18.6 Å². The van der Waals surface area contributed by atoms with Crippen LogP contribution in [-0.4, -0.2) is 36.3 Å². The van der Waals surface area contributed by atoms with Crippen molar-refractivity contribution in [2.75, 3.05) is 20.8 Å². The van der Waals surface area contributed by atoms with Gasteiger partial charge in [-0.3, -0.25) is 19.5 Å². The van der Waals surface area contributed by atoms with Crippen molar-refractivity contribution in [3.63, 3.8) is 0 Å². The van der Waals surface area contributed by atoms with Crippen molar-refractivity contribution in [2.45, 2.75) is 26.8 Å². The van der Waals surface area contributed by atoms with E-state index in [-0.39, 0.29) is 17.9 Å². The molecule has 1 aliphatic rings. The van der Waals surface area contributed by atoms with Gasteiger partial charge in [-0.25, -0.2) is 9.79 Å². The molecule has 42 heavy (non-hydrogen) atoms. The smallest absolute Gasteiger partial charge is 0.338 e. The number of methoxy groups -OCH3 is 2. The largest absolute Gasteiger partial charge is 0.497 e. The number of nitrogens with zero attached hydrogens (tertiary/aromatic N) is 3. The minimum atomic E-state index is -0.896. The number of hydrogen-bond acceptors (Lipinski definition) is 10. The zero-order chi connectivity index (χ0) is 30.1. The van der Waals surface area contributed by atoms with E-state index >= 15 is 0 Å². The van der Waals surface area contributed by atoms with Gasteiger partial charge in [0.15, 0.2) is 4.80 Å². The van der Waals surface area contributed by atoms with Crippen LogP contribution in [0.2, 0.25) is 0 Å². The molecule has 2 aromatic heterocycles. The van der Waals surface area contributed by atoms with Crippen molar-refractivity contribution in [3.8, 4) is 22.8 Å². The number of allylic oxidation sites excluding steroid dienone is 1. The molecule has 12 heteroatoms. The van der Waals surface area contributed by atoms with Crippen molar-refractivity contribution < 1.29 is 28.3 Å². The summed E-state index contributed by atoms with van der Waals surface area (Å²) in [6.07, 6.45) is 1.59. The fourth-order valence-corrected chi connectivity index (χ4v) is 5.86. The second-order valence-electron chi connectivity index (χ2n) is 9.37. The van der Waals surface area contributed by atoms with Gasteiger partial charge >= 0.3 is 5.97 Å². The van der Waals surface area contributed by atoms with Crippen LogP contribution in [0.3, 0.4) is 0 Å². The molecule has 0 bridgehead atoms. The number of carbonyl (C=O) groups is 1. The first kappa shape index (κ1) is 28.6. The standard InChI is InChI=1S/C30H27N3O8S/c1-6-40-29(35)26-17(3)31-30-32(27(26)22-14-19(38-4)9-11-23(22)39-5)28(34)25(42-30)15-20-10-12-24(41-20)21-13-18(33(36)37)8-7-16(21)2/h7-15,27H,6H2,1-5H3/b25-15-. The normalized spacial score (nSPS) is 14.8. The zero-order valence-corrected chi connectivity index (χ0v) is 24.3. The van der Waals surface area contributed by atoms with Crippen LogP contribution in [0.25, 0.3) is 17.4 Å². The molecule has 0 radical (unpaired) electrons. The Morgan fingerprint density at radius 2 is 1.93 bits per heavy atom. The lowest BCUT2D eigenvalue weighted by molar-refractivity contribution is -0.384. The molecule has 216 valence electrons. The molecular formula is C30H27N3O8S. The Balaban J connectivity index is 1.67. The summed E-state index contributed by atoms with van der Waals surface area (Å²) >= 11 is 1.14. The van der Waals surface area contributed by atoms with Gasteiger partial charge < -0.3 is 18.6 Å². The number of ether oxygens (including phenoxy) is 3. The topological polar surface area (TPSA) is 135 Å². The number of benzene rings is 2. The highest BCUT2D eigenvalue weighted by atomic mass is 32.1. The number of thiazole rings is 1. The average Bonchev–Trinajstić information content (AvgIpc) is 3.56. The number of hydrogen-bond donors (Lipinski definition) is 0. The third kappa shape index (κ3) is 5.12. The number of aromatic nitrogens is 1. The van der Waals surface area contributed by atoms with E-state index in [0.29, 0.717) is 49.2 Å². The van der Waals surface area contributed by atoms with Gasteiger partial charge in [0.2, 0.25) is 0 Å². The Morgan fingerprint density at radius 3 is 2.62 bits per heavy atom. The number of non-ortho nitro benzene ring substituents is 1. The second-order valence-corrected chi connectivity index (χ2v) is 10.4. The fraction of sp³-hybridized carbons (Fsp3) is 0.233. The van der Waals surface area contributed by atoms with Gasteiger partial charge in [-0.1, -0.05) is 17.4 Å². The predicted octanol–water partition coefficient (Wildman–Crippen LogP) is 4.29. The highest BCUT2D eigenvalue weighted by Crippen LogP contribution is 2.38. The number of aryl methyl sites for hydroxylation is 1. The number of carbonyl (C=O) groups excluding carboxylic acids is 1. The summed E-state index contributed by atoms with van der Waals surface area (Å²) in [5, 5.41) is 11.3. The predicted molar refractivity (Wildman–Crippen MR) is 155 cm³/mol. The van der Waals surface area contributed by atoms with Crippen LogP contribution in [0, 0.1) is 17.0 Å². The number of furan rings is 1. The molecule has 1 aliphatic heterocycles. The molecule has 11 nitrogen and oxygen atoms in total. The number of nitro benzene ring substituents is 1. The third-order valence-electron chi connectivity index (χ3n) is 6.85. The Kier molecular flexibility index (Phi) is 7.81. The maximum absolute atomic E-state index is 14.0. The van der Waals surface area contributed by atoms with Gasteiger partial charge in [0, 0.05) is 29.3 Å². The Hall–Kier alpha value is -4.97. The molecular weight excluding hydrogens is 562 g/mol. The zero-order valence-electron chi connectivity index (χ0n) is 23.5. The molecule has 0 aliphatic carbocycles. The summed E-state index contributed by atoms with van der Waals surface area (Å²) in [6.45, 7) is 5.38. The van der Waals surface area contributed by atoms with E-state index in [1.807, 2.05) is 6.92 Å². The van der Waals surface area contributed by atoms with Crippen molar-refractivity contribution >= 4 is 29.1 Å². The lowest BCUT2D eigenvalue weighted by Gasteiger charge is -2.26. The van der Waals surface area contributed by atoms with Gasteiger partial charge in [0.05, 0.1) is 41.6 Å². The molecule has 0 saturated carbocycles. The molecule has 0 saturated heterocycles. The quantitative estimate of drug-likeness (QED) is 0.169. The monoisotopic (exact) mass is 589 g/mol. The van der Waals surface area contributed by atoms with Crippen molar-refractivity contribution in [2.24, 2.45) is 4.99 Å². The van der Waals surface area contributed by atoms with Gasteiger partial charge in [-0.15, -0.1) is 0 Å². The van der Waals surface area contributed by atoms with E-state index in [1.165, 1.54) is 30.9 Å². The molecule has 2 aromatic carbocycles. The minimum Gasteiger partial charge on any atom is -0.497 e. The Bertz CT molecular complexity index is 1930. The summed E-state index contributed by atoms with van der Waals surface area (Å²) in [7, 11) is 3.03. The highest BCUT2D eigenvalue weighted by molar-refractivity contribution is 7.07. The van der Waals surface area contributed by atoms with Crippen molar-refractivity contribution in [1.82, 2.24) is 4.57 Å². The highest BCUT2D eigenvalue weighted by Gasteiger charge is 2.35. The average molecular weight is 590 g/mol. The summed E-state index contributed by atoms with van der Waals surface area (Å²) in [4.78, 5) is 43.0. The summed E-state index contributed by atoms with van der Waals surface area (Å²) in [6, 6.07) is 12.2. The van der Waals surface area contributed by atoms with E-state index in [0.717, 1.165) is 16.9 Å².